The zero-order valence-electron chi connectivity index (χ0n) is 29.7. The summed E-state index contributed by atoms with van der Waals surface area (Å²) in [7, 11) is 1.68. The van der Waals surface area contributed by atoms with E-state index in [4.69, 9.17) is 18.9 Å². The first kappa shape index (κ1) is 36.7. The van der Waals surface area contributed by atoms with Gasteiger partial charge in [-0.15, -0.1) is 13.2 Å². The molecule has 0 heterocycles. The molecule has 2 N–H and O–H groups in total. The summed E-state index contributed by atoms with van der Waals surface area (Å²) >= 11 is 0. The molecule has 0 saturated heterocycles. The number of aliphatic hydroxyl groups is 2. The number of aliphatic hydroxyl groups excluding tert-OH is 2. The van der Waals surface area contributed by atoms with Crippen LogP contribution >= 0.6 is 0 Å². The van der Waals surface area contributed by atoms with Crippen molar-refractivity contribution in [3.05, 3.63) is 84.0 Å². The summed E-state index contributed by atoms with van der Waals surface area (Å²) in [6.07, 6.45) is 8.03. The van der Waals surface area contributed by atoms with Crippen LogP contribution in [0.25, 0.3) is 0 Å². The largest absolute Gasteiger partial charge is 0.496 e. The Morgan fingerprint density at radius 1 is 0.837 bits per heavy atom. The summed E-state index contributed by atoms with van der Waals surface area (Å²) in [5, 5.41) is 20.8. The maximum atomic E-state index is 13.6. The minimum atomic E-state index is -1.03. The monoisotopic (exact) mass is 674 g/mol. The summed E-state index contributed by atoms with van der Waals surface area (Å²) < 4.78 is 23.0. The van der Waals surface area contributed by atoms with E-state index >= 15 is 0 Å². The molecule has 2 aromatic carbocycles. The van der Waals surface area contributed by atoms with Gasteiger partial charge in [0.05, 0.1) is 24.0 Å². The Hall–Kier alpha value is -3.62. The predicted molar refractivity (Wildman–Crippen MR) is 189 cm³/mol. The average molecular weight is 675 g/mol. The number of benzene rings is 2. The van der Waals surface area contributed by atoms with E-state index in [0.717, 1.165) is 47.3 Å². The standard InChI is InChI=1S/C41H54O8/c1-7-10-29-17-31(12-14-35(29)46-6)39(4,5)32-13-15-36(30(18-32)11-8-2)47-24-34(43)25-49-38(45)41-21-27-16-28(22-41)20-40(19-27,26-41)37(44)48-23-33(42)9-3/h7-8,12-15,17-18,27-28,33-34,42-43H,1-2,9-11,16,19-26H2,3-6H3. The van der Waals surface area contributed by atoms with Crippen LogP contribution in [-0.4, -0.2) is 61.3 Å². The second kappa shape index (κ2) is 15.1. The Morgan fingerprint density at radius 2 is 1.33 bits per heavy atom. The zero-order chi connectivity index (χ0) is 35.4. The molecule has 0 spiro atoms. The second-order valence-electron chi connectivity index (χ2n) is 15.2. The average Bonchev–Trinajstić information content (AvgIpc) is 3.08. The molecule has 8 nitrogen and oxygen atoms in total. The van der Waals surface area contributed by atoms with Gasteiger partial charge < -0.3 is 29.2 Å². The molecule has 4 saturated carbocycles. The number of carbonyl (C=O) groups is 2. The van der Waals surface area contributed by atoms with E-state index < -0.39 is 23.0 Å². The molecule has 4 aliphatic rings. The van der Waals surface area contributed by atoms with Gasteiger partial charge in [0.15, 0.2) is 0 Å². The number of rotatable bonds is 17. The summed E-state index contributed by atoms with van der Waals surface area (Å²) in [5.41, 5.74) is 2.52. The molecule has 4 bridgehead atoms. The minimum Gasteiger partial charge on any atom is -0.496 e. The lowest BCUT2D eigenvalue weighted by Crippen LogP contribution is -2.58. The Labute approximate surface area is 291 Å². The lowest BCUT2D eigenvalue weighted by molar-refractivity contribution is -0.196. The fraction of sp³-hybridized carbons (Fsp3) is 0.561. The third kappa shape index (κ3) is 7.76. The molecule has 0 amide bonds. The van der Waals surface area contributed by atoms with Crippen molar-refractivity contribution in [2.24, 2.45) is 22.7 Å². The molecule has 4 unspecified atom stereocenters. The molecule has 0 radical (unpaired) electrons. The first-order chi connectivity index (χ1) is 23.4. The van der Waals surface area contributed by atoms with Crippen LogP contribution in [0.3, 0.4) is 0 Å². The maximum Gasteiger partial charge on any atom is 0.312 e. The number of carbonyl (C=O) groups excluding carboxylic acids is 2. The zero-order valence-corrected chi connectivity index (χ0v) is 29.7. The Kier molecular flexibility index (Phi) is 11.3. The van der Waals surface area contributed by atoms with Crippen molar-refractivity contribution < 1.29 is 38.7 Å². The number of hydrogen-bond acceptors (Lipinski definition) is 8. The van der Waals surface area contributed by atoms with E-state index in [1.807, 2.05) is 37.3 Å². The molecule has 49 heavy (non-hydrogen) atoms. The lowest BCUT2D eigenvalue weighted by Gasteiger charge is -2.59. The highest BCUT2D eigenvalue weighted by Gasteiger charge is 2.64. The topological polar surface area (TPSA) is 112 Å². The van der Waals surface area contributed by atoms with Crippen LogP contribution in [0.1, 0.15) is 88.0 Å². The van der Waals surface area contributed by atoms with Crippen molar-refractivity contribution in [3.63, 3.8) is 0 Å². The van der Waals surface area contributed by atoms with Crippen molar-refractivity contribution >= 4 is 11.9 Å². The number of ether oxygens (including phenoxy) is 4. The van der Waals surface area contributed by atoms with Gasteiger partial charge >= 0.3 is 11.9 Å². The van der Waals surface area contributed by atoms with Gasteiger partial charge in [0.25, 0.3) is 0 Å². The van der Waals surface area contributed by atoms with Gasteiger partial charge in [0.2, 0.25) is 0 Å². The summed E-state index contributed by atoms with van der Waals surface area (Å²) in [5.74, 6) is 1.36. The molecule has 4 atom stereocenters. The minimum absolute atomic E-state index is 0.0231. The van der Waals surface area contributed by atoms with E-state index in [1.54, 1.807) is 7.11 Å². The predicted octanol–water partition coefficient (Wildman–Crippen LogP) is 6.66. The van der Waals surface area contributed by atoms with Crippen LogP contribution in [0.15, 0.2) is 61.7 Å². The van der Waals surface area contributed by atoms with Crippen LogP contribution in [-0.2, 0) is 37.3 Å². The van der Waals surface area contributed by atoms with Gasteiger partial charge in [-0.25, -0.2) is 0 Å². The Bertz CT molecular complexity index is 1510. The second-order valence-corrected chi connectivity index (χ2v) is 15.2. The Balaban J connectivity index is 1.21. The third-order valence-corrected chi connectivity index (χ3v) is 11.2. The summed E-state index contributed by atoms with van der Waals surface area (Å²) in [6.45, 7) is 13.8. The molecule has 4 fully saturated rings. The number of allylic oxidation sites excluding steroid dienone is 2. The first-order valence-corrected chi connectivity index (χ1v) is 17.7. The molecule has 0 aliphatic heterocycles. The fourth-order valence-electron chi connectivity index (χ4n) is 8.82. The van der Waals surface area contributed by atoms with Crippen LogP contribution < -0.4 is 9.47 Å². The van der Waals surface area contributed by atoms with Crippen LogP contribution in [0.4, 0.5) is 0 Å². The quantitative estimate of drug-likeness (QED) is 0.142. The van der Waals surface area contributed by atoms with E-state index in [-0.39, 0.29) is 49.0 Å². The van der Waals surface area contributed by atoms with Gasteiger partial charge in [0, 0.05) is 5.41 Å². The van der Waals surface area contributed by atoms with E-state index in [1.165, 1.54) is 0 Å². The van der Waals surface area contributed by atoms with Crippen LogP contribution in [0, 0.1) is 22.7 Å². The highest BCUT2D eigenvalue weighted by molar-refractivity contribution is 5.83. The fourth-order valence-corrected chi connectivity index (χ4v) is 8.82. The van der Waals surface area contributed by atoms with Crippen molar-refractivity contribution in [3.8, 4) is 11.5 Å². The highest BCUT2D eigenvalue weighted by atomic mass is 16.6. The molecular formula is C41H54O8. The van der Waals surface area contributed by atoms with E-state index in [9.17, 15) is 19.8 Å². The molecule has 4 aliphatic carbocycles. The van der Waals surface area contributed by atoms with Crippen LogP contribution in [0.2, 0.25) is 0 Å². The smallest absolute Gasteiger partial charge is 0.312 e. The first-order valence-electron chi connectivity index (χ1n) is 17.7. The van der Waals surface area contributed by atoms with Gasteiger partial charge in [-0.3, -0.25) is 9.59 Å². The molecule has 266 valence electrons. The summed E-state index contributed by atoms with van der Waals surface area (Å²) in [4.78, 5) is 26.9. The third-order valence-electron chi connectivity index (χ3n) is 11.2. The van der Waals surface area contributed by atoms with Gasteiger partial charge in [-0.05, 0) is 104 Å². The van der Waals surface area contributed by atoms with Gasteiger partial charge in [-0.1, -0.05) is 57.2 Å². The van der Waals surface area contributed by atoms with Crippen molar-refractivity contribution in [1.82, 2.24) is 0 Å². The molecule has 0 aromatic heterocycles. The van der Waals surface area contributed by atoms with Crippen molar-refractivity contribution in [1.29, 1.82) is 0 Å². The molecule has 8 heteroatoms. The summed E-state index contributed by atoms with van der Waals surface area (Å²) in [6, 6.07) is 12.4. The SMILES string of the molecule is C=CCc1cc(C(C)(C)c2ccc(OCC(O)COC(=O)C34CC5CC(CC(C(=O)OCC(O)CC)(C5)C3)C4)c(CC=C)c2)ccc1OC. The van der Waals surface area contributed by atoms with Crippen molar-refractivity contribution in [2.75, 3.05) is 26.9 Å². The normalized spacial score (nSPS) is 25.3. The van der Waals surface area contributed by atoms with E-state index in [0.29, 0.717) is 44.3 Å². The van der Waals surface area contributed by atoms with Crippen LogP contribution in [0.5, 0.6) is 11.5 Å². The lowest BCUT2D eigenvalue weighted by atomic mass is 9.44. The molecule has 6 rings (SSSR count). The highest BCUT2D eigenvalue weighted by Crippen LogP contribution is 2.66. The molecule has 2 aromatic rings. The number of hydrogen-bond donors (Lipinski definition) is 2. The number of esters is 2. The van der Waals surface area contributed by atoms with Gasteiger partial charge in [0.1, 0.15) is 37.4 Å². The van der Waals surface area contributed by atoms with Crippen molar-refractivity contribution in [2.45, 2.75) is 96.2 Å². The number of methoxy groups -OCH3 is 1. The van der Waals surface area contributed by atoms with Gasteiger partial charge in [-0.2, -0.15) is 0 Å². The Morgan fingerprint density at radius 3 is 1.82 bits per heavy atom. The maximum absolute atomic E-state index is 13.6. The van der Waals surface area contributed by atoms with E-state index in [2.05, 4.69) is 45.2 Å². The molecular weight excluding hydrogens is 620 g/mol.